The lowest BCUT2D eigenvalue weighted by atomic mass is 10.1. The zero-order valence-corrected chi connectivity index (χ0v) is 18.4. The zero-order valence-electron chi connectivity index (χ0n) is 18.4. The number of carbonyl (C=O) groups is 2. The smallest absolute Gasteiger partial charge is 0.420 e. The second-order valence-electron chi connectivity index (χ2n) is 7.54. The third kappa shape index (κ3) is 6.27. The number of hydrogen-bond acceptors (Lipinski definition) is 6. The number of nitrogen functional groups attached to an aromatic ring is 2. The van der Waals surface area contributed by atoms with Crippen LogP contribution in [0, 0.1) is 0 Å². The lowest BCUT2D eigenvalue weighted by Crippen LogP contribution is -2.19. The Morgan fingerprint density at radius 3 is 1.79 bits per heavy atom. The van der Waals surface area contributed by atoms with E-state index in [-0.39, 0.29) is 11.8 Å². The van der Waals surface area contributed by atoms with Crippen molar-refractivity contribution in [2.45, 2.75) is 18.5 Å². The highest BCUT2D eigenvalue weighted by Crippen LogP contribution is 2.40. The molecule has 0 aliphatic rings. The first-order chi connectivity index (χ1) is 17.4. The standard InChI is InChI=1S/C23H13F9N2O4/c24-21(25,26)14-8-11(33)2-4-13(14)20(36)38-18-6-3-12(9-16(18)23(30,31)32)37-19(35)10-1-5-17(34)15(7-10)22(27,28)29/h1-9H,33-34H2. The van der Waals surface area contributed by atoms with E-state index in [1.165, 1.54) is 0 Å². The molecule has 0 aliphatic carbocycles. The van der Waals surface area contributed by atoms with Crippen molar-refractivity contribution >= 4 is 23.3 Å². The van der Waals surface area contributed by atoms with Gasteiger partial charge in [-0.05, 0) is 54.6 Å². The van der Waals surface area contributed by atoms with E-state index in [9.17, 15) is 49.1 Å². The molecule has 202 valence electrons. The molecule has 3 aromatic carbocycles. The third-order valence-electron chi connectivity index (χ3n) is 4.83. The first kappa shape index (κ1) is 28.1. The van der Waals surface area contributed by atoms with E-state index in [2.05, 4.69) is 4.74 Å². The van der Waals surface area contributed by atoms with Crippen LogP contribution in [-0.4, -0.2) is 11.9 Å². The van der Waals surface area contributed by atoms with Crippen LogP contribution in [0.1, 0.15) is 37.4 Å². The number of anilines is 2. The molecule has 0 radical (unpaired) electrons. The average molecular weight is 552 g/mol. The van der Waals surface area contributed by atoms with Crippen molar-refractivity contribution in [3.05, 3.63) is 82.4 Å². The van der Waals surface area contributed by atoms with Crippen molar-refractivity contribution in [3.63, 3.8) is 0 Å². The lowest BCUT2D eigenvalue weighted by molar-refractivity contribution is -0.139. The topological polar surface area (TPSA) is 105 Å². The molecule has 6 nitrogen and oxygen atoms in total. The quantitative estimate of drug-likeness (QED) is 0.169. The molecular weight excluding hydrogens is 539 g/mol. The summed E-state index contributed by atoms with van der Waals surface area (Å²) in [6.45, 7) is 0. The molecule has 15 heteroatoms. The minimum atomic E-state index is -5.27. The molecule has 0 saturated heterocycles. The van der Waals surface area contributed by atoms with Crippen LogP contribution in [0.2, 0.25) is 0 Å². The molecule has 3 rings (SSSR count). The molecule has 0 amide bonds. The fourth-order valence-corrected chi connectivity index (χ4v) is 3.11. The molecule has 0 fully saturated rings. The van der Waals surface area contributed by atoms with Crippen molar-refractivity contribution in [1.82, 2.24) is 0 Å². The van der Waals surface area contributed by atoms with Gasteiger partial charge in [0, 0.05) is 11.4 Å². The van der Waals surface area contributed by atoms with Gasteiger partial charge in [0.25, 0.3) is 0 Å². The van der Waals surface area contributed by atoms with Crippen molar-refractivity contribution in [2.75, 3.05) is 11.5 Å². The zero-order chi connectivity index (χ0) is 28.6. The SMILES string of the molecule is Nc1ccc(C(=O)Oc2ccc(OC(=O)c3ccc(N)c(C(F)(F)F)c3)cc2C(F)(F)F)c(C(F)(F)F)c1. The van der Waals surface area contributed by atoms with Gasteiger partial charge in [-0.1, -0.05) is 0 Å². The molecular formula is C23H13F9N2O4. The van der Waals surface area contributed by atoms with Crippen molar-refractivity contribution in [3.8, 4) is 11.5 Å². The third-order valence-corrected chi connectivity index (χ3v) is 4.83. The number of rotatable bonds is 4. The normalized spacial score (nSPS) is 12.2. The minimum absolute atomic E-state index is 0.177. The Hall–Kier alpha value is -4.43. The minimum Gasteiger partial charge on any atom is -0.423 e. The van der Waals surface area contributed by atoms with Gasteiger partial charge in [0.15, 0.2) is 0 Å². The number of benzene rings is 3. The van der Waals surface area contributed by atoms with Gasteiger partial charge in [-0.15, -0.1) is 0 Å². The van der Waals surface area contributed by atoms with Gasteiger partial charge in [0.1, 0.15) is 17.1 Å². The average Bonchev–Trinajstić information content (AvgIpc) is 2.78. The monoisotopic (exact) mass is 552 g/mol. The van der Waals surface area contributed by atoms with Gasteiger partial charge in [-0.3, -0.25) is 0 Å². The van der Waals surface area contributed by atoms with Crippen LogP contribution >= 0.6 is 0 Å². The summed E-state index contributed by atoms with van der Waals surface area (Å²) in [4.78, 5) is 24.6. The van der Waals surface area contributed by atoms with Crippen LogP contribution in [0.15, 0.2) is 54.6 Å². The highest BCUT2D eigenvalue weighted by atomic mass is 19.4. The Balaban J connectivity index is 1.93. The molecule has 4 N–H and O–H groups in total. The van der Waals surface area contributed by atoms with E-state index >= 15 is 0 Å². The molecule has 0 saturated carbocycles. The summed E-state index contributed by atoms with van der Waals surface area (Å²) >= 11 is 0. The first-order valence-corrected chi connectivity index (χ1v) is 9.97. The number of hydrogen-bond donors (Lipinski definition) is 2. The number of alkyl halides is 9. The molecule has 0 bridgehead atoms. The maximum atomic E-state index is 13.6. The second-order valence-corrected chi connectivity index (χ2v) is 7.54. The summed E-state index contributed by atoms with van der Waals surface area (Å²) in [5.74, 6) is -5.34. The second kappa shape index (κ2) is 9.79. The van der Waals surface area contributed by atoms with Gasteiger partial charge >= 0.3 is 30.5 Å². The van der Waals surface area contributed by atoms with Crippen LogP contribution in [-0.2, 0) is 18.5 Å². The van der Waals surface area contributed by atoms with Crippen molar-refractivity contribution in [2.24, 2.45) is 0 Å². The molecule has 0 atom stereocenters. The Labute approximate surface area is 206 Å². The molecule has 0 aromatic heterocycles. The van der Waals surface area contributed by atoms with Crippen LogP contribution in [0.25, 0.3) is 0 Å². The number of ether oxygens (including phenoxy) is 2. The summed E-state index contributed by atoms with van der Waals surface area (Å²) < 4.78 is 129. The first-order valence-electron chi connectivity index (χ1n) is 9.97. The van der Waals surface area contributed by atoms with Gasteiger partial charge in [0.05, 0.1) is 22.3 Å². The maximum Gasteiger partial charge on any atom is 0.420 e. The van der Waals surface area contributed by atoms with Gasteiger partial charge in [-0.2, -0.15) is 39.5 Å². The van der Waals surface area contributed by atoms with Crippen LogP contribution in [0.5, 0.6) is 11.5 Å². The summed E-state index contributed by atoms with van der Waals surface area (Å²) in [5, 5.41) is 0. The van der Waals surface area contributed by atoms with E-state index in [0.29, 0.717) is 30.3 Å². The van der Waals surface area contributed by atoms with Gasteiger partial charge < -0.3 is 20.9 Å². The molecule has 0 unspecified atom stereocenters. The van der Waals surface area contributed by atoms with Crippen LogP contribution in [0.3, 0.4) is 0 Å². The number of nitrogens with two attached hydrogens (primary N) is 2. The number of esters is 2. The highest BCUT2D eigenvalue weighted by Gasteiger charge is 2.39. The van der Waals surface area contributed by atoms with Crippen LogP contribution < -0.4 is 20.9 Å². The molecule has 38 heavy (non-hydrogen) atoms. The summed E-state index contributed by atoms with van der Waals surface area (Å²) in [6, 6.07) is 5.19. The fraction of sp³-hybridized carbons (Fsp3) is 0.130. The van der Waals surface area contributed by atoms with Crippen molar-refractivity contribution < 1.29 is 58.6 Å². The number of carbonyl (C=O) groups excluding carboxylic acids is 2. The fourth-order valence-electron chi connectivity index (χ4n) is 3.11. The summed E-state index contributed by atoms with van der Waals surface area (Å²) in [7, 11) is 0. The Kier molecular flexibility index (Phi) is 7.25. The highest BCUT2D eigenvalue weighted by molar-refractivity contribution is 5.94. The maximum absolute atomic E-state index is 13.6. The Morgan fingerprint density at radius 2 is 1.21 bits per heavy atom. The Bertz CT molecular complexity index is 1400. The molecule has 0 heterocycles. The molecule has 0 spiro atoms. The molecule has 3 aromatic rings. The van der Waals surface area contributed by atoms with Gasteiger partial charge in [0.2, 0.25) is 0 Å². The largest absolute Gasteiger partial charge is 0.423 e. The summed E-state index contributed by atoms with van der Waals surface area (Å²) in [6.07, 6.45) is -15.3. The van der Waals surface area contributed by atoms with Crippen LogP contribution in [0.4, 0.5) is 50.9 Å². The lowest BCUT2D eigenvalue weighted by Gasteiger charge is -2.16. The Morgan fingerprint density at radius 1 is 0.605 bits per heavy atom. The van der Waals surface area contributed by atoms with E-state index in [0.717, 1.165) is 18.2 Å². The van der Waals surface area contributed by atoms with E-state index < -0.39 is 75.5 Å². The van der Waals surface area contributed by atoms with E-state index in [4.69, 9.17) is 16.2 Å². The van der Waals surface area contributed by atoms with Crippen molar-refractivity contribution in [1.29, 1.82) is 0 Å². The molecule has 0 aliphatic heterocycles. The van der Waals surface area contributed by atoms with Gasteiger partial charge in [-0.25, -0.2) is 9.59 Å². The summed E-state index contributed by atoms with van der Waals surface area (Å²) in [5.41, 5.74) is 2.94. The predicted octanol–water partition coefficient (Wildman–Crippen LogP) is 6.35. The predicted molar refractivity (Wildman–Crippen MR) is 113 cm³/mol. The number of halogens is 9. The van der Waals surface area contributed by atoms with E-state index in [1.807, 2.05) is 0 Å². The van der Waals surface area contributed by atoms with E-state index in [1.54, 1.807) is 0 Å².